The molecule has 2 amide bonds. The molecule has 0 saturated heterocycles. The Hall–Kier alpha value is -3.35. The van der Waals surface area contributed by atoms with E-state index in [1.165, 1.54) is 4.90 Å². The number of hydrogen-bond acceptors (Lipinski definition) is 5. The molecule has 0 unspecified atom stereocenters. The molecule has 0 aliphatic carbocycles. The first-order valence-corrected chi connectivity index (χ1v) is 10.5. The van der Waals surface area contributed by atoms with Gasteiger partial charge in [-0.05, 0) is 30.0 Å². The molecule has 7 nitrogen and oxygen atoms in total. The lowest BCUT2D eigenvalue weighted by Crippen LogP contribution is -2.38. The zero-order valence-electron chi connectivity index (χ0n) is 17.9. The predicted octanol–water partition coefficient (Wildman–Crippen LogP) is 3.25. The molecule has 1 heterocycles. The van der Waals surface area contributed by atoms with Crippen molar-refractivity contribution in [1.29, 1.82) is 0 Å². The van der Waals surface area contributed by atoms with Gasteiger partial charge in [0.2, 0.25) is 5.91 Å². The van der Waals surface area contributed by atoms with E-state index in [0.29, 0.717) is 17.4 Å². The summed E-state index contributed by atoms with van der Waals surface area (Å²) in [6, 6.07) is 16.6. The maximum absolute atomic E-state index is 12.4. The van der Waals surface area contributed by atoms with Crippen molar-refractivity contribution in [2.75, 3.05) is 24.7 Å². The molecule has 1 N–H and O–H groups in total. The summed E-state index contributed by atoms with van der Waals surface area (Å²) in [5.41, 5.74) is 1.52. The van der Waals surface area contributed by atoms with Crippen LogP contribution in [0.5, 0.6) is 5.75 Å². The second-order valence-corrected chi connectivity index (χ2v) is 7.87. The van der Waals surface area contributed by atoms with Crippen LogP contribution in [0.2, 0.25) is 0 Å². The van der Waals surface area contributed by atoms with Gasteiger partial charge in [-0.2, -0.15) is 0 Å². The van der Waals surface area contributed by atoms with Gasteiger partial charge in [0.05, 0.1) is 24.8 Å². The molecule has 3 rings (SSSR count). The number of para-hydroxylation sites is 2. The molecule has 2 aromatic rings. The highest BCUT2D eigenvalue weighted by molar-refractivity contribution is 5.99. The third-order valence-electron chi connectivity index (χ3n) is 4.93. The predicted molar refractivity (Wildman–Crippen MR) is 117 cm³/mol. The summed E-state index contributed by atoms with van der Waals surface area (Å²) >= 11 is 0. The lowest BCUT2D eigenvalue weighted by atomic mass is 9.97. The van der Waals surface area contributed by atoms with Gasteiger partial charge < -0.3 is 14.8 Å². The number of hydrogen-bond donors (Lipinski definition) is 1. The van der Waals surface area contributed by atoms with Crippen LogP contribution in [0.25, 0.3) is 0 Å². The van der Waals surface area contributed by atoms with Gasteiger partial charge in [0.1, 0.15) is 12.3 Å². The first-order valence-electron chi connectivity index (χ1n) is 10.5. The molecule has 0 saturated carbocycles. The third kappa shape index (κ3) is 6.31. The van der Waals surface area contributed by atoms with Crippen molar-refractivity contribution in [3.05, 3.63) is 60.2 Å². The van der Waals surface area contributed by atoms with Gasteiger partial charge in [0.25, 0.3) is 5.91 Å². The first-order chi connectivity index (χ1) is 14.9. The van der Waals surface area contributed by atoms with Crippen LogP contribution in [0.1, 0.15) is 38.3 Å². The van der Waals surface area contributed by atoms with Crippen molar-refractivity contribution in [3.8, 4) is 5.75 Å². The maximum Gasteiger partial charge on any atom is 0.326 e. The average molecular weight is 424 g/mol. The highest BCUT2D eigenvalue weighted by Crippen LogP contribution is 2.30. The van der Waals surface area contributed by atoms with E-state index in [4.69, 9.17) is 9.47 Å². The molecule has 2 aromatic carbocycles. The Balaban J connectivity index is 1.57. The average Bonchev–Trinajstić information content (AvgIpc) is 2.91. The summed E-state index contributed by atoms with van der Waals surface area (Å²) < 4.78 is 10.7. The summed E-state index contributed by atoms with van der Waals surface area (Å²) in [4.78, 5) is 38.6. The SMILES string of the molecule is CC(C)C[C@@H](NC(=O)COC(=O)CN1C(=O)CCOc2ccccc21)c1ccccc1. The van der Waals surface area contributed by atoms with Crippen molar-refractivity contribution in [3.63, 3.8) is 0 Å². The van der Waals surface area contributed by atoms with Crippen molar-refractivity contribution >= 4 is 23.5 Å². The van der Waals surface area contributed by atoms with Crippen LogP contribution in [0, 0.1) is 5.92 Å². The summed E-state index contributed by atoms with van der Waals surface area (Å²) in [6.07, 6.45) is 0.930. The van der Waals surface area contributed by atoms with E-state index in [9.17, 15) is 14.4 Å². The topological polar surface area (TPSA) is 84.9 Å². The van der Waals surface area contributed by atoms with Crippen molar-refractivity contribution in [2.45, 2.75) is 32.7 Å². The fraction of sp³-hybridized carbons (Fsp3) is 0.375. The molecule has 0 aromatic heterocycles. The molecule has 0 bridgehead atoms. The van der Waals surface area contributed by atoms with Crippen LogP contribution in [0.15, 0.2) is 54.6 Å². The number of anilines is 1. The van der Waals surface area contributed by atoms with E-state index in [-0.39, 0.29) is 37.4 Å². The summed E-state index contributed by atoms with van der Waals surface area (Å²) in [5.74, 6) is -0.343. The number of rotatable bonds is 8. The highest BCUT2D eigenvalue weighted by atomic mass is 16.5. The van der Waals surface area contributed by atoms with Gasteiger partial charge in [-0.1, -0.05) is 56.3 Å². The Morgan fingerprint density at radius 3 is 2.55 bits per heavy atom. The van der Waals surface area contributed by atoms with Crippen molar-refractivity contribution in [1.82, 2.24) is 5.32 Å². The summed E-state index contributed by atoms with van der Waals surface area (Å²) in [5, 5.41) is 2.94. The molecular weight excluding hydrogens is 396 g/mol. The van der Waals surface area contributed by atoms with Gasteiger partial charge >= 0.3 is 5.97 Å². The van der Waals surface area contributed by atoms with Gasteiger partial charge in [-0.25, -0.2) is 0 Å². The van der Waals surface area contributed by atoms with E-state index >= 15 is 0 Å². The molecule has 31 heavy (non-hydrogen) atoms. The number of benzene rings is 2. The van der Waals surface area contributed by atoms with Crippen LogP contribution in [-0.4, -0.2) is 37.5 Å². The molecule has 1 atom stereocenters. The van der Waals surface area contributed by atoms with Crippen LogP contribution >= 0.6 is 0 Å². The largest absolute Gasteiger partial charge is 0.491 e. The third-order valence-corrected chi connectivity index (χ3v) is 4.93. The van der Waals surface area contributed by atoms with Gasteiger partial charge in [-0.15, -0.1) is 0 Å². The van der Waals surface area contributed by atoms with Gasteiger partial charge in [0.15, 0.2) is 6.61 Å². The van der Waals surface area contributed by atoms with E-state index < -0.39 is 12.6 Å². The monoisotopic (exact) mass is 424 g/mol. The van der Waals surface area contributed by atoms with Crippen LogP contribution in [-0.2, 0) is 19.1 Å². The molecule has 0 spiro atoms. The Morgan fingerprint density at radius 2 is 1.81 bits per heavy atom. The number of esters is 1. The molecule has 1 aliphatic rings. The van der Waals surface area contributed by atoms with Gasteiger partial charge in [0, 0.05) is 0 Å². The highest BCUT2D eigenvalue weighted by Gasteiger charge is 2.26. The van der Waals surface area contributed by atoms with E-state index in [0.717, 1.165) is 12.0 Å². The van der Waals surface area contributed by atoms with Crippen LogP contribution < -0.4 is 15.0 Å². The molecular formula is C24H28N2O5. The van der Waals surface area contributed by atoms with Crippen molar-refractivity contribution in [2.24, 2.45) is 5.92 Å². The van der Waals surface area contributed by atoms with E-state index in [1.807, 2.05) is 30.3 Å². The zero-order valence-corrected chi connectivity index (χ0v) is 17.9. The second-order valence-electron chi connectivity index (χ2n) is 7.87. The number of amides is 2. The summed E-state index contributed by atoms with van der Waals surface area (Å²) in [6.45, 7) is 3.74. The lowest BCUT2D eigenvalue weighted by molar-refractivity contribution is -0.147. The van der Waals surface area contributed by atoms with Crippen LogP contribution in [0.3, 0.4) is 0 Å². The smallest absolute Gasteiger partial charge is 0.326 e. The fourth-order valence-electron chi connectivity index (χ4n) is 3.49. The Kier molecular flexibility index (Phi) is 7.65. The number of fused-ring (bicyclic) bond motifs is 1. The number of nitrogens with one attached hydrogen (secondary N) is 1. The van der Waals surface area contributed by atoms with E-state index in [1.54, 1.807) is 24.3 Å². The minimum absolute atomic E-state index is 0.163. The number of carbonyl (C=O) groups is 3. The quantitative estimate of drug-likeness (QED) is 0.658. The number of nitrogens with zero attached hydrogens (tertiary/aromatic N) is 1. The first kappa shape index (κ1) is 22.3. The fourth-order valence-corrected chi connectivity index (χ4v) is 3.49. The normalized spacial score (nSPS) is 14.3. The lowest BCUT2D eigenvalue weighted by Gasteiger charge is -2.22. The van der Waals surface area contributed by atoms with Crippen molar-refractivity contribution < 1.29 is 23.9 Å². The number of ether oxygens (including phenoxy) is 2. The molecule has 0 fully saturated rings. The molecule has 164 valence electrons. The minimum Gasteiger partial charge on any atom is -0.491 e. The van der Waals surface area contributed by atoms with E-state index in [2.05, 4.69) is 19.2 Å². The molecule has 7 heteroatoms. The Labute approximate surface area is 182 Å². The molecule has 0 radical (unpaired) electrons. The van der Waals surface area contributed by atoms with Gasteiger partial charge in [-0.3, -0.25) is 19.3 Å². The number of carbonyl (C=O) groups excluding carboxylic acids is 3. The standard InChI is InChI=1S/C24H28N2O5/c1-17(2)14-19(18-8-4-3-5-9-18)25-22(27)16-31-24(29)15-26-20-10-6-7-11-21(20)30-13-12-23(26)28/h3-11,17,19H,12-16H2,1-2H3,(H,25,27)/t19-/m1/s1. The maximum atomic E-state index is 12.4. The second kappa shape index (κ2) is 10.6. The Morgan fingerprint density at radius 1 is 1.10 bits per heavy atom. The van der Waals surface area contributed by atoms with Crippen LogP contribution in [0.4, 0.5) is 5.69 Å². The summed E-state index contributed by atoms with van der Waals surface area (Å²) in [7, 11) is 0. The zero-order chi connectivity index (χ0) is 22.2. The minimum atomic E-state index is -0.652. The Bertz CT molecular complexity index is 913. The molecule has 1 aliphatic heterocycles.